The van der Waals surface area contributed by atoms with Gasteiger partial charge in [0.05, 0.1) is 7.11 Å². The molecule has 23 heavy (non-hydrogen) atoms. The maximum atomic E-state index is 11.0. The molecule has 0 unspecified atom stereocenters. The standard InChI is InChI=1S/C21H22O2/c1-17-7-9-19(10-8-17)15-16-20-13-11-18(12-14-20)5-3-4-6-21(22)23-2/h7-14H,3-6H2,1-2H3. The van der Waals surface area contributed by atoms with Crippen molar-refractivity contribution in [2.75, 3.05) is 7.11 Å². The summed E-state index contributed by atoms with van der Waals surface area (Å²) in [6.45, 7) is 2.07. The molecule has 118 valence electrons. The number of benzene rings is 2. The molecule has 0 radical (unpaired) electrons. The highest BCUT2D eigenvalue weighted by Gasteiger charge is 2.00. The van der Waals surface area contributed by atoms with E-state index in [1.54, 1.807) is 0 Å². The SMILES string of the molecule is COC(=O)CCCCc1ccc(C#Cc2ccc(C)cc2)cc1. The van der Waals surface area contributed by atoms with Gasteiger partial charge in [0.25, 0.3) is 0 Å². The predicted molar refractivity (Wildman–Crippen MR) is 93.2 cm³/mol. The van der Waals surface area contributed by atoms with E-state index in [4.69, 9.17) is 0 Å². The molecular formula is C21H22O2. The lowest BCUT2D eigenvalue weighted by atomic mass is 10.0. The highest BCUT2D eigenvalue weighted by Crippen LogP contribution is 2.09. The summed E-state index contributed by atoms with van der Waals surface area (Å²) in [6.07, 6.45) is 3.32. The van der Waals surface area contributed by atoms with Gasteiger partial charge in [-0.2, -0.15) is 0 Å². The quantitative estimate of drug-likeness (QED) is 0.468. The van der Waals surface area contributed by atoms with Crippen LogP contribution in [0.25, 0.3) is 0 Å². The molecule has 0 saturated heterocycles. The van der Waals surface area contributed by atoms with Crippen LogP contribution in [0, 0.1) is 18.8 Å². The fourth-order valence-corrected chi connectivity index (χ4v) is 2.24. The van der Waals surface area contributed by atoms with Crippen molar-refractivity contribution < 1.29 is 9.53 Å². The largest absolute Gasteiger partial charge is 0.469 e. The third kappa shape index (κ3) is 6.00. The van der Waals surface area contributed by atoms with Crippen LogP contribution >= 0.6 is 0 Å². The van der Waals surface area contributed by atoms with Crippen LogP contribution in [0.2, 0.25) is 0 Å². The first-order valence-corrected chi connectivity index (χ1v) is 7.92. The number of aryl methyl sites for hydroxylation is 2. The summed E-state index contributed by atoms with van der Waals surface area (Å²) in [4.78, 5) is 11.0. The molecular weight excluding hydrogens is 284 g/mol. The second-order valence-corrected chi connectivity index (χ2v) is 5.60. The van der Waals surface area contributed by atoms with Crippen LogP contribution in [0.3, 0.4) is 0 Å². The van der Waals surface area contributed by atoms with Gasteiger partial charge in [-0.15, -0.1) is 0 Å². The Morgan fingerprint density at radius 2 is 1.48 bits per heavy atom. The van der Waals surface area contributed by atoms with Gasteiger partial charge < -0.3 is 4.74 Å². The molecule has 0 N–H and O–H groups in total. The topological polar surface area (TPSA) is 26.3 Å². The zero-order valence-corrected chi connectivity index (χ0v) is 13.8. The molecule has 0 saturated carbocycles. The highest BCUT2D eigenvalue weighted by molar-refractivity contribution is 5.68. The van der Waals surface area contributed by atoms with Crippen LogP contribution in [0.5, 0.6) is 0 Å². The molecule has 0 amide bonds. The van der Waals surface area contributed by atoms with Gasteiger partial charge in [0.1, 0.15) is 0 Å². The van der Waals surface area contributed by atoms with E-state index in [1.165, 1.54) is 18.2 Å². The van der Waals surface area contributed by atoms with Gasteiger partial charge in [0, 0.05) is 17.5 Å². The Morgan fingerprint density at radius 3 is 2.04 bits per heavy atom. The molecule has 2 rings (SSSR count). The first-order chi connectivity index (χ1) is 11.2. The summed E-state index contributed by atoms with van der Waals surface area (Å²) in [7, 11) is 1.43. The number of methoxy groups -OCH3 is 1. The Bertz CT molecular complexity index is 685. The van der Waals surface area contributed by atoms with E-state index >= 15 is 0 Å². The van der Waals surface area contributed by atoms with Crippen LogP contribution in [0.15, 0.2) is 48.5 Å². The third-order valence-corrected chi connectivity index (χ3v) is 3.68. The summed E-state index contributed by atoms with van der Waals surface area (Å²) in [5.41, 5.74) is 4.56. The van der Waals surface area contributed by atoms with Gasteiger partial charge in [-0.05, 0) is 56.0 Å². The maximum Gasteiger partial charge on any atom is 0.305 e. The molecule has 0 aliphatic carbocycles. The Hall–Kier alpha value is -2.53. The van der Waals surface area contributed by atoms with Crippen molar-refractivity contribution in [1.82, 2.24) is 0 Å². The van der Waals surface area contributed by atoms with Crippen LogP contribution in [-0.4, -0.2) is 13.1 Å². The normalized spacial score (nSPS) is 9.83. The molecule has 0 bridgehead atoms. The molecule has 0 spiro atoms. The van der Waals surface area contributed by atoms with E-state index in [0.717, 1.165) is 30.4 Å². The lowest BCUT2D eigenvalue weighted by molar-refractivity contribution is -0.140. The van der Waals surface area contributed by atoms with Crippen LogP contribution in [0.1, 0.15) is 41.5 Å². The van der Waals surface area contributed by atoms with Crippen molar-refractivity contribution in [3.05, 3.63) is 70.8 Å². The predicted octanol–water partition coefficient (Wildman–Crippen LogP) is 4.28. The molecule has 2 heteroatoms. The van der Waals surface area contributed by atoms with Crippen LogP contribution < -0.4 is 0 Å². The first-order valence-electron chi connectivity index (χ1n) is 7.92. The number of unbranched alkanes of at least 4 members (excludes halogenated alkanes) is 1. The molecule has 0 heterocycles. The van der Waals surface area contributed by atoms with Crippen molar-refractivity contribution in [2.45, 2.75) is 32.6 Å². The summed E-state index contributed by atoms with van der Waals surface area (Å²) < 4.78 is 4.63. The lowest BCUT2D eigenvalue weighted by Gasteiger charge is -2.02. The number of ether oxygens (including phenoxy) is 1. The molecule has 2 nitrogen and oxygen atoms in total. The minimum Gasteiger partial charge on any atom is -0.469 e. The molecule has 2 aromatic rings. The Labute approximate surface area is 138 Å². The van der Waals surface area contributed by atoms with Gasteiger partial charge in [0.15, 0.2) is 0 Å². The van der Waals surface area contributed by atoms with Gasteiger partial charge in [-0.1, -0.05) is 41.7 Å². The number of esters is 1. The fourth-order valence-electron chi connectivity index (χ4n) is 2.24. The van der Waals surface area contributed by atoms with Crippen molar-refractivity contribution in [2.24, 2.45) is 0 Å². The van der Waals surface area contributed by atoms with E-state index in [9.17, 15) is 4.79 Å². The molecule has 0 aromatic heterocycles. The lowest BCUT2D eigenvalue weighted by Crippen LogP contribution is -1.99. The van der Waals surface area contributed by atoms with Gasteiger partial charge >= 0.3 is 5.97 Å². The second-order valence-electron chi connectivity index (χ2n) is 5.60. The number of rotatable bonds is 5. The molecule has 0 aliphatic rings. The smallest absolute Gasteiger partial charge is 0.305 e. The summed E-state index contributed by atoms with van der Waals surface area (Å²) in [5.74, 6) is 6.23. The average molecular weight is 306 g/mol. The summed E-state index contributed by atoms with van der Waals surface area (Å²) in [6, 6.07) is 16.5. The number of hydrogen-bond donors (Lipinski definition) is 0. The highest BCUT2D eigenvalue weighted by atomic mass is 16.5. The van der Waals surface area contributed by atoms with Crippen LogP contribution in [0.4, 0.5) is 0 Å². The van der Waals surface area contributed by atoms with E-state index in [2.05, 4.69) is 59.9 Å². The molecule has 2 aromatic carbocycles. The van der Waals surface area contributed by atoms with Crippen molar-refractivity contribution in [1.29, 1.82) is 0 Å². The second kappa shape index (κ2) is 8.80. The summed E-state index contributed by atoms with van der Waals surface area (Å²) in [5, 5.41) is 0. The zero-order valence-electron chi connectivity index (χ0n) is 13.8. The Balaban J connectivity index is 1.85. The average Bonchev–Trinajstić information content (AvgIpc) is 2.59. The Morgan fingerprint density at radius 1 is 0.913 bits per heavy atom. The minimum absolute atomic E-state index is 0.133. The third-order valence-electron chi connectivity index (χ3n) is 3.68. The summed E-state index contributed by atoms with van der Waals surface area (Å²) >= 11 is 0. The van der Waals surface area contributed by atoms with Gasteiger partial charge in [-0.25, -0.2) is 0 Å². The minimum atomic E-state index is -0.133. The zero-order chi connectivity index (χ0) is 16.5. The van der Waals surface area contributed by atoms with Crippen molar-refractivity contribution in [3.8, 4) is 11.8 Å². The number of hydrogen-bond acceptors (Lipinski definition) is 2. The number of carbonyl (C=O) groups excluding carboxylic acids is 1. The first kappa shape index (κ1) is 16.8. The fraction of sp³-hybridized carbons (Fsp3) is 0.286. The van der Waals surface area contributed by atoms with Crippen LogP contribution in [-0.2, 0) is 16.0 Å². The van der Waals surface area contributed by atoms with Gasteiger partial charge in [0.2, 0.25) is 0 Å². The Kier molecular flexibility index (Phi) is 6.44. The van der Waals surface area contributed by atoms with E-state index in [0.29, 0.717) is 6.42 Å². The molecule has 0 atom stereocenters. The monoisotopic (exact) mass is 306 g/mol. The molecule has 0 aliphatic heterocycles. The number of carbonyl (C=O) groups is 1. The van der Waals surface area contributed by atoms with Gasteiger partial charge in [-0.3, -0.25) is 4.79 Å². The van der Waals surface area contributed by atoms with E-state index in [1.807, 2.05) is 12.1 Å². The van der Waals surface area contributed by atoms with E-state index in [-0.39, 0.29) is 5.97 Å². The van der Waals surface area contributed by atoms with E-state index < -0.39 is 0 Å². The van der Waals surface area contributed by atoms with Crippen molar-refractivity contribution >= 4 is 5.97 Å². The maximum absolute atomic E-state index is 11.0. The van der Waals surface area contributed by atoms with Crippen molar-refractivity contribution in [3.63, 3.8) is 0 Å². The molecule has 0 fully saturated rings.